The van der Waals surface area contributed by atoms with Gasteiger partial charge in [-0.15, -0.1) is 0 Å². The summed E-state index contributed by atoms with van der Waals surface area (Å²) in [5, 5.41) is 3.23. The molecule has 0 bridgehead atoms. The van der Waals surface area contributed by atoms with Crippen LogP contribution in [0.5, 0.6) is 5.75 Å². The Bertz CT molecular complexity index is 434. The van der Waals surface area contributed by atoms with Gasteiger partial charge in [0.05, 0.1) is 12.3 Å². The lowest BCUT2D eigenvalue weighted by Gasteiger charge is -2.25. The molecule has 0 radical (unpaired) electrons. The molecule has 2 rings (SSSR count). The number of carbonyl (C=O) groups excluding carboxylic acids is 1. The number of nitrogens with one attached hydrogen (secondary N) is 1. The average molecular weight is 262 g/mol. The van der Waals surface area contributed by atoms with Crippen molar-refractivity contribution in [3.05, 3.63) is 24.3 Å². The number of benzene rings is 1. The van der Waals surface area contributed by atoms with Crippen LogP contribution in [0.3, 0.4) is 0 Å². The minimum Gasteiger partial charge on any atom is -0.491 e. The predicted octanol–water partition coefficient (Wildman–Crippen LogP) is 2.05. The molecule has 0 aromatic heterocycles. The van der Waals surface area contributed by atoms with E-state index in [1.165, 1.54) is 0 Å². The molecule has 104 valence electrons. The fourth-order valence-electron chi connectivity index (χ4n) is 2.27. The van der Waals surface area contributed by atoms with Gasteiger partial charge in [-0.25, -0.2) is 0 Å². The molecule has 1 amide bonds. The van der Waals surface area contributed by atoms with Gasteiger partial charge < -0.3 is 15.0 Å². The standard InChI is InChI=1S/C15H22N2O2/c1-3-16-11-12(2)15(18)17-9-6-10-19-14-8-5-4-7-13(14)17/h4-5,7-8,12,16H,3,6,9-11H2,1-2H3. The van der Waals surface area contributed by atoms with E-state index in [1.807, 2.05) is 43.0 Å². The molecular weight excluding hydrogens is 240 g/mol. The number of carbonyl (C=O) groups is 1. The molecule has 0 aliphatic carbocycles. The molecule has 4 heteroatoms. The summed E-state index contributed by atoms with van der Waals surface area (Å²) in [6, 6.07) is 7.77. The number of nitrogens with zero attached hydrogens (tertiary/aromatic N) is 1. The second kappa shape index (κ2) is 6.57. The SMILES string of the molecule is CCNCC(C)C(=O)N1CCCOc2ccccc21. The van der Waals surface area contributed by atoms with E-state index < -0.39 is 0 Å². The lowest BCUT2D eigenvalue weighted by Crippen LogP contribution is -2.39. The molecule has 1 heterocycles. The zero-order valence-electron chi connectivity index (χ0n) is 11.7. The highest BCUT2D eigenvalue weighted by Gasteiger charge is 2.25. The molecule has 0 spiro atoms. The van der Waals surface area contributed by atoms with Crippen LogP contribution in [0.25, 0.3) is 0 Å². The summed E-state index contributed by atoms with van der Waals surface area (Å²) < 4.78 is 5.68. The number of amides is 1. The lowest BCUT2D eigenvalue weighted by atomic mass is 10.1. The fourth-order valence-corrected chi connectivity index (χ4v) is 2.27. The molecular formula is C15H22N2O2. The minimum absolute atomic E-state index is 0.0221. The van der Waals surface area contributed by atoms with Crippen molar-refractivity contribution in [1.29, 1.82) is 0 Å². The summed E-state index contributed by atoms with van der Waals surface area (Å²) >= 11 is 0. The van der Waals surface area contributed by atoms with E-state index in [2.05, 4.69) is 5.32 Å². The van der Waals surface area contributed by atoms with Crippen molar-refractivity contribution < 1.29 is 9.53 Å². The highest BCUT2D eigenvalue weighted by molar-refractivity contribution is 5.96. The first-order valence-corrected chi connectivity index (χ1v) is 6.98. The molecule has 1 aromatic carbocycles. The number of hydrogen-bond donors (Lipinski definition) is 1. The molecule has 1 atom stereocenters. The predicted molar refractivity (Wildman–Crippen MR) is 76.6 cm³/mol. The maximum Gasteiger partial charge on any atom is 0.231 e. The minimum atomic E-state index is -0.0221. The Balaban J connectivity index is 2.17. The van der Waals surface area contributed by atoms with E-state index in [4.69, 9.17) is 4.74 Å². The second-order valence-electron chi connectivity index (χ2n) is 4.87. The van der Waals surface area contributed by atoms with Gasteiger partial charge in [0, 0.05) is 19.0 Å². The summed E-state index contributed by atoms with van der Waals surface area (Å²) in [6.07, 6.45) is 0.869. The zero-order chi connectivity index (χ0) is 13.7. The summed E-state index contributed by atoms with van der Waals surface area (Å²) in [5.41, 5.74) is 0.897. The number of anilines is 1. The molecule has 0 saturated heterocycles. The maximum absolute atomic E-state index is 12.5. The van der Waals surface area contributed by atoms with Gasteiger partial charge in [0.15, 0.2) is 0 Å². The molecule has 4 nitrogen and oxygen atoms in total. The molecule has 0 fully saturated rings. The van der Waals surface area contributed by atoms with Crippen LogP contribution < -0.4 is 15.0 Å². The van der Waals surface area contributed by atoms with Gasteiger partial charge in [-0.3, -0.25) is 4.79 Å². The van der Waals surface area contributed by atoms with Crippen LogP contribution in [0.2, 0.25) is 0 Å². The molecule has 1 unspecified atom stereocenters. The van der Waals surface area contributed by atoms with Crippen molar-refractivity contribution in [3.8, 4) is 5.75 Å². The van der Waals surface area contributed by atoms with Crippen LogP contribution in [0.4, 0.5) is 5.69 Å². The number of ether oxygens (including phenoxy) is 1. The van der Waals surface area contributed by atoms with Gasteiger partial charge in [-0.2, -0.15) is 0 Å². The number of para-hydroxylation sites is 2. The third-order valence-corrected chi connectivity index (χ3v) is 3.33. The Morgan fingerprint density at radius 1 is 1.47 bits per heavy atom. The number of rotatable bonds is 4. The van der Waals surface area contributed by atoms with Gasteiger partial charge in [-0.05, 0) is 25.1 Å². The highest BCUT2D eigenvalue weighted by Crippen LogP contribution is 2.31. The monoisotopic (exact) mass is 262 g/mol. The summed E-state index contributed by atoms with van der Waals surface area (Å²) in [6.45, 7) is 7.02. The topological polar surface area (TPSA) is 41.6 Å². The largest absolute Gasteiger partial charge is 0.491 e. The van der Waals surface area contributed by atoms with E-state index in [-0.39, 0.29) is 11.8 Å². The highest BCUT2D eigenvalue weighted by atomic mass is 16.5. The van der Waals surface area contributed by atoms with E-state index in [9.17, 15) is 4.79 Å². The molecule has 1 N–H and O–H groups in total. The maximum atomic E-state index is 12.5. The van der Waals surface area contributed by atoms with Gasteiger partial charge in [0.1, 0.15) is 5.75 Å². The van der Waals surface area contributed by atoms with E-state index >= 15 is 0 Å². The van der Waals surface area contributed by atoms with E-state index in [0.717, 1.165) is 37.5 Å². The van der Waals surface area contributed by atoms with Crippen molar-refractivity contribution in [3.63, 3.8) is 0 Å². The number of fused-ring (bicyclic) bond motifs is 1. The van der Waals surface area contributed by atoms with Gasteiger partial charge in [0.25, 0.3) is 0 Å². The summed E-state index contributed by atoms with van der Waals surface area (Å²) in [7, 11) is 0. The molecule has 1 aliphatic rings. The lowest BCUT2D eigenvalue weighted by molar-refractivity contribution is -0.121. The Labute approximate surface area is 114 Å². The third-order valence-electron chi connectivity index (χ3n) is 3.33. The van der Waals surface area contributed by atoms with Crippen molar-refractivity contribution in [2.24, 2.45) is 5.92 Å². The zero-order valence-corrected chi connectivity index (χ0v) is 11.7. The normalized spacial score (nSPS) is 16.2. The van der Waals surface area contributed by atoms with E-state index in [0.29, 0.717) is 6.61 Å². The van der Waals surface area contributed by atoms with Crippen LogP contribution in [0.15, 0.2) is 24.3 Å². The first kappa shape index (κ1) is 13.9. The van der Waals surface area contributed by atoms with Crippen molar-refractivity contribution in [2.45, 2.75) is 20.3 Å². The first-order valence-electron chi connectivity index (χ1n) is 6.98. The quantitative estimate of drug-likeness (QED) is 0.903. The van der Waals surface area contributed by atoms with Crippen LogP contribution in [0.1, 0.15) is 20.3 Å². The van der Waals surface area contributed by atoms with Gasteiger partial charge in [-0.1, -0.05) is 26.0 Å². The molecule has 19 heavy (non-hydrogen) atoms. The van der Waals surface area contributed by atoms with Crippen LogP contribution in [-0.4, -0.2) is 32.1 Å². The Morgan fingerprint density at radius 3 is 3.05 bits per heavy atom. The second-order valence-corrected chi connectivity index (χ2v) is 4.87. The van der Waals surface area contributed by atoms with Crippen molar-refractivity contribution in [2.75, 3.05) is 31.1 Å². The van der Waals surface area contributed by atoms with Crippen molar-refractivity contribution in [1.82, 2.24) is 5.32 Å². The molecule has 0 saturated carbocycles. The Kier molecular flexibility index (Phi) is 4.80. The van der Waals surface area contributed by atoms with Gasteiger partial charge in [0.2, 0.25) is 5.91 Å². The Morgan fingerprint density at radius 2 is 2.26 bits per heavy atom. The fraction of sp³-hybridized carbons (Fsp3) is 0.533. The third kappa shape index (κ3) is 3.26. The first-order chi connectivity index (χ1) is 9.24. The Hall–Kier alpha value is -1.55. The van der Waals surface area contributed by atoms with Crippen LogP contribution in [-0.2, 0) is 4.79 Å². The van der Waals surface area contributed by atoms with Gasteiger partial charge >= 0.3 is 0 Å². The van der Waals surface area contributed by atoms with Crippen molar-refractivity contribution >= 4 is 11.6 Å². The summed E-state index contributed by atoms with van der Waals surface area (Å²) in [5.74, 6) is 0.953. The van der Waals surface area contributed by atoms with Crippen LogP contribution >= 0.6 is 0 Å². The van der Waals surface area contributed by atoms with E-state index in [1.54, 1.807) is 0 Å². The number of hydrogen-bond acceptors (Lipinski definition) is 3. The molecule has 1 aliphatic heterocycles. The summed E-state index contributed by atoms with van der Waals surface area (Å²) in [4.78, 5) is 14.4. The molecule has 1 aromatic rings. The average Bonchev–Trinajstić information content (AvgIpc) is 2.66. The smallest absolute Gasteiger partial charge is 0.231 e. The van der Waals surface area contributed by atoms with Crippen LogP contribution in [0, 0.1) is 5.92 Å².